The zero-order valence-electron chi connectivity index (χ0n) is 21.2. The van der Waals surface area contributed by atoms with Gasteiger partial charge in [-0.05, 0) is 63.6 Å². The van der Waals surface area contributed by atoms with Gasteiger partial charge in [0.15, 0.2) is 0 Å². The van der Waals surface area contributed by atoms with Crippen LogP contribution in [0.3, 0.4) is 0 Å². The number of hydrogen-bond donors (Lipinski definition) is 0. The van der Waals surface area contributed by atoms with Gasteiger partial charge in [-0.15, -0.1) is 0 Å². The lowest BCUT2D eigenvalue weighted by Gasteiger charge is -2.25. The van der Waals surface area contributed by atoms with Gasteiger partial charge >= 0.3 is 0 Å². The molecular formula is C27H35N5O4. The lowest BCUT2D eigenvalue weighted by molar-refractivity contribution is -0.131. The molecule has 0 N–H and O–H groups in total. The Balaban J connectivity index is 1.29. The minimum absolute atomic E-state index is 0.0153. The maximum Gasteiger partial charge on any atom is 0.254 e. The molecule has 9 nitrogen and oxygen atoms in total. The van der Waals surface area contributed by atoms with Gasteiger partial charge in [0.1, 0.15) is 6.54 Å². The van der Waals surface area contributed by atoms with E-state index >= 15 is 0 Å². The van der Waals surface area contributed by atoms with Crippen LogP contribution in [0.1, 0.15) is 53.8 Å². The smallest absolute Gasteiger partial charge is 0.254 e. The van der Waals surface area contributed by atoms with E-state index in [2.05, 4.69) is 9.97 Å². The van der Waals surface area contributed by atoms with Crippen molar-refractivity contribution in [3.63, 3.8) is 0 Å². The number of ether oxygens (including phenoxy) is 1. The lowest BCUT2D eigenvalue weighted by Crippen LogP contribution is -2.40. The fourth-order valence-corrected chi connectivity index (χ4v) is 4.95. The Hall–Kier alpha value is -3.07. The maximum absolute atomic E-state index is 13.5. The van der Waals surface area contributed by atoms with E-state index in [1.165, 1.54) is 12.8 Å². The maximum atomic E-state index is 13.5. The Morgan fingerprint density at radius 1 is 1.00 bits per heavy atom. The number of aryl methyl sites for hydroxylation is 2. The van der Waals surface area contributed by atoms with Crippen molar-refractivity contribution >= 4 is 28.8 Å². The third-order valence-corrected chi connectivity index (χ3v) is 7.43. The minimum Gasteiger partial charge on any atom is -0.374 e. The van der Waals surface area contributed by atoms with Crippen molar-refractivity contribution in [2.45, 2.75) is 52.1 Å². The van der Waals surface area contributed by atoms with Gasteiger partial charge in [0.05, 0.1) is 28.5 Å². The molecule has 0 spiro atoms. The van der Waals surface area contributed by atoms with E-state index in [1.54, 1.807) is 17.0 Å². The fourth-order valence-electron chi connectivity index (χ4n) is 4.95. The first-order valence-electron chi connectivity index (χ1n) is 13.1. The van der Waals surface area contributed by atoms with Crippen LogP contribution >= 0.6 is 0 Å². The molecule has 1 aromatic carbocycles. The van der Waals surface area contributed by atoms with E-state index in [9.17, 15) is 14.4 Å². The van der Waals surface area contributed by atoms with E-state index in [4.69, 9.17) is 4.74 Å². The molecule has 1 aromatic heterocycles. The van der Waals surface area contributed by atoms with Crippen molar-refractivity contribution in [3.05, 3.63) is 35.2 Å². The quantitative estimate of drug-likeness (QED) is 0.560. The highest BCUT2D eigenvalue weighted by molar-refractivity contribution is 5.99. The van der Waals surface area contributed by atoms with Crippen LogP contribution in [0.5, 0.6) is 0 Å². The van der Waals surface area contributed by atoms with Crippen molar-refractivity contribution in [2.24, 2.45) is 5.92 Å². The van der Waals surface area contributed by atoms with Gasteiger partial charge in [-0.3, -0.25) is 14.4 Å². The highest BCUT2D eigenvalue weighted by Crippen LogP contribution is 2.29. The van der Waals surface area contributed by atoms with Crippen LogP contribution in [0.4, 0.5) is 0 Å². The van der Waals surface area contributed by atoms with Crippen molar-refractivity contribution in [3.8, 4) is 0 Å². The SMILES string of the molecule is Cc1nc2ccc(C(=O)N3CC(=O)N(CCCN4CCCC4=O)C[C@@H](OCC4CC4)C3)cc2nc1C. The van der Waals surface area contributed by atoms with E-state index in [-0.39, 0.29) is 30.4 Å². The number of benzene rings is 1. The summed E-state index contributed by atoms with van der Waals surface area (Å²) >= 11 is 0. The topological polar surface area (TPSA) is 95.9 Å². The number of aromatic nitrogens is 2. The van der Waals surface area contributed by atoms with Crippen molar-refractivity contribution < 1.29 is 19.1 Å². The molecule has 3 heterocycles. The number of carbonyl (C=O) groups is 3. The molecule has 2 saturated heterocycles. The molecule has 1 saturated carbocycles. The van der Waals surface area contributed by atoms with Crippen LogP contribution in [0.25, 0.3) is 11.0 Å². The predicted molar refractivity (Wildman–Crippen MR) is 134 cm³/mol. The van der Waals surface area contributed by atoms with E-state index in [0.29, 0.717) is 56.2 Å². The third kappa shape index (κ3) is 5.67. The summed E-state index contributed by atoms with van der Waals surface area (Å²) in [5, 5.41) is 0. The van der Waals surface area contributed by atoms with E-state index in [0.717, 1.165) is 36.3 Å². The number of fused-ring (bicyclic) bond motifs is 1. The average Bonchev–Trinajstić information content (AvgIpc) is 3.63. The van der Waals surface area contributed by atoms with E-state index in [1.807, 2.05) is 29.7 Å². The molecular weight excluding hydrogens is 458 g/mol. The highest BCUT2D eigenvalue weighted by atomic mass is 16.5. The van der Waals surface area contributed by atoms with Crippen LogP contribution in [0, 0.1) is 19.8 Å². The molecule has 0 unspecified atom stereocenters. The summed E-state index contributed by atoms with van der Waals surface area (Å²) in [6, 6.07) is 5.33. The number of rotatable bonds is 8. The van der Waals surface area contributed by atoms with Crippen molar-refractivity contribution in [1.29, 1.82) is 0 Å². The Bertz CT molecular complexity index is 1160. The zero-order valence-corrected chi connectivity index (χ0v) is 21.2. The largest absolute Gasteiger partial charge is 0.374 e. The molecule has 3 amide bonds. The van der Waals surface area contributed by atoms with Crippen molar-refractivity contribution in [2.75, 3.05) is 45.9 Å². The van der Waals surface area contributed by atoms with Crippen LogP contribution < -0.4 is 0 Å². The molecule has 2 aliphatic heterocycles. The first-order chi connectivity index (χ1) is 17.4. The van der Waals surface area contributed by atoms with Gasteiger partial charge < -0.3 is 19.4 Å². The van der Waals surface area contributed by atoms with Crippen molar-refractivity contribution in [1.82, 2.24) is 24.7 Å². The molecule has 9 heteroatoms. The molecule has 3 aliphatic rings. The van der Waals surface area contributed by atoms with E-state index < -0.39 is 0 Å². The average molecular weight is 494 g/mol. The van der Waals surface area contributed by atoms with Crippen LogP contribution in [0.2, 0.25) is 0 Å². The summed E-state index contributed by atoms with van der Waals surface area (Å²) in [7, 11) is 0. The molecule has 3 fully saturated rings. The van der Waals surface area contributed by atoms with Gasteiger partial charge in [0, 0.05) is 51.3 Å². The highest BCUT2D eigenvalue weighted by Gasteiger charge is 2.33. The fraction of sp³-hybridized carbons (Fsp3) is 0.593. The van der Waals surface area contributed by atoms with Crippen LogP contribution in [-0.4, -0.2) is 94.4 Å². The monoisotopic (exact) mass is 493 g/mol. The Morgan fingerprint density at radius 3 is 2.47 bits per heavy atom. The minimum atomic E-state index is -0.237. The van der Waals surface area contributed by atoms with Crippen LogP contribution in [-0.2, 0) is 14.3 Å². The molecule has 2 aromatic rings. The molecule has 192 valence electrons. The summed E-state index contributed by atoms with van der Waals surface area (Å²) in [4.78, 5) is 53.1. The zero-order chi connectivity index (χ0) is 25.2. The second-order valence-corrected chi connectivity index (χ2v) is 10.4. The Morgan fingerprint density at radius 2 is 1.75 bits per heavy atom. The second kappa shape index (κ2) is 10.5. The predicted octanol–water partition coefficient (Wildman–Crippen LogP) is 2.34. The number of amides is 3. The third-order valence-electron chi connectivity index (χ3n) is 7.43. The molecule has 1 atom stereocenters. The Labute approximate surface area is 211 Å². The summed E-state index contributed by atoms with van der Waals surface area (Å²) in [6.45, 7) is 7.36. The summed E-state index contributed by atoms with van der Waals surface area (Å²) in [6.07, 6.45) is 4.38. The number of hydrogen-bond acceptors (Lipinski definition) is 6. The summed E-state index contributed by atoms with van der Waals surface area (Å²) in [5.41, 5.74) is 3.61. The Kier molecular flexibility index (Phi) is 7.18. The standard InChI is InChI=1S/C27H35N5O4/c1-18-19(2)29-24-13-21(8-9-23(24)28-18)27(35)32-15-22(36-17-20-6-7-20)14-31(26(34)16-32)12-4-11-30-10-3-5-25(30)33/h8-9,13,20,22H,3-7,10-12,14-17H2,1-2H3/t22-/m1/s1. The molecule has 1 aliphatic carbocycles. The number of carbonyl (C=O) groups excluding carboxylic acids is 3. The molecule has 0 radical (unpaired) electrons. The molecule has 36 heavy (non-hydrogen) atoms. The lowest BCUT2D eigenvalue weighted by atomic mass is 10.1. The number of nitrogens with zero attached hydrogens (tertiary/aromatic N) is 5. The van der Waals surface area contributed by atoms with Gasteiger partial charge in [-0.1, -0.05) is 0 Å². The van der Waals surface area contributed by atoms with Gasteiger partial charge in [0.2, 0.25) is 11.8 Å². The summed E-state index contributed by atoms with van der Waals surface area (Å²) in [5.74, 6) is 0.508. The number of likely N-dealkylation sites (tertiary alicyclic amines) is 1. The summed E-state index contributed by atoms with van der Waals surface area (Å²) < 4.78 is 6.20. The molecule has 5 rings (SSSR count). The molecule has 0 bridgehead atoms. The second-order valence-electron chi connectivity index (χ2n) is 10.4. The normalized spacial score (nSPS) is 20.9. The first kappa shape index (κ1) is 24.6. The van der Waals surface area contributed by atoms with Gasteiger partial charge in [-0.25, -0.2) is 9.97 Å². The van der Waals surface area contributed by atoms with Crippen LogP contribution in [0.15, 0.2) is 18.2 Å². The van der Waals surface area contributed by atoms with Gasteiger partial charge in [-0.2, -0.15) is 0 Å². The first-order valence-corrected chi connectivity index (χ1v) is 13.1. The van der Waals surface area contributed by atoms with Gasteiger partial charge in [0.25, 0.3) is 5.91 Å².